The first-order valence-corrected chi connectivity index (χ1v) is 22.1. The molecule has 0 amide bonds. The molecule has 0 N–H and O–H groups in total. The van der Waals surface area contributed by atoms with E-state index in [2.05, 4.69) is 78.3 Å². The lowest BCUT2D eigenvalue weighted by atomic mass is 9.66. The maximum absolute atomic E-state index is 5.40. The Hall–Kier alpha value is -0.760. The molecule has 0 aromatic heterocycles. The predicted octanol–water partition coefficient (Wildman–Crippen LogP) is 12.1. The van der Waals surface area contributed by atoms with E-state index in [4.69, 9.17) is 19.6 Å². The van der Waals surface area contributed by atoms with Gasteiger partial charge in [0, 0.05) is 6.54 Å². The van der Waals surface area contributed by atoms with Crippen molar-refractivity contribution < 1.29 is 24.0 Å². The number of hydrogen-bond donors (Lipinski definition) is 0. The van der Waals surface area contributed by atoms with Crippen molar-refractivity contribution in [3.05, 3.63) is 24.3 Å². The van der Waals surface area contributed by atoms with E-state index in [0.717, 1.165) is 67.3 Å². The summed E-state index contributed by atoms with van der Waals surface area (Å²) in [6.07, 6.45) is 42.5. The lowest BCUT2D eigenvalue weighted by molar-refractivity contribution is -0.871. The van der Waals surface area contributed by atoms with Crippen LogP contribution in [0.1, 0.15) is 168 Å². The lowest BCUT2D eigenvalue weighted by Crippen LogP contribution is -2.37. The molecule has 0 fully saturated rings. The maximum Gasteiger partial charge on any atom is 0.131 e. The van der Waals surface area contributed by atoms with Crippen LogP contribution in [0.5, 0.6) is 0 Å². The number of likely N-dealkylation sites (N-methyl/N-ethyl adjacent to an activating group) is 2. The largest absolute Gasteiger partial charge is 0.329 e. The van der Waals surface area contributed by atoms with E-state index >= 15 is 0 Å². The van der Waals surface area contributed by atoms with Crippen LogP contribution in [0.3, 0.4) is 0 Å². The number of quaternary nitrogens is 1. The van der Waals surface area contributed by atoms with Crippen LogP contribution in [0.4, 0.5) is 0 Å². The minimum atomic E-state index is 0.642. The van der Waals surface area contributed by atoms with Gasteiger partial charge in [0.1, 0.15) is 13.2 Å². The minimum Gasteiger partial charge on any atom is -0.329 e. The molecule has 1 aliphatic carbocycles. The first-order valence-electron chi connectivity index (χ1n) is 22.1. The summed E-state index contributed by atoms with van der Waals surface area (Å²) in [5.74, 6) is 3.04. The summed E-state index contributed by atoms with van der Waals surface area (Å²) in [6.45, 7) is 9.30. The molecular weight excluding hydrogens is 633 g/mol. The third-order valence-corrected chi connectivity index (χ3v) is 10.8. The normalized spacial score (nSPS) is 19.6. The Bertz CT molecular complexity index is 796. The monoisotopic (exact) mass is 722 g/mol. The zero-order chi connectivity index (χ0) is 37.3. The van der Waals surface area contributed by atoms with Crippen LogP contribution in [-0.2, 0) is 19.6 Å². The fourth-order valence-corrected chi connectivity index (χ4v) is 7.46. The van der Waals surface area contributed by atoms with Gasteiger partial charge in [-0.25, -0.2) is 19.6 Å². The van der Waals surface area contributed by atoms with E-state index in [1.165, 1.54) is 141 Å². The molecule has 0 aromatic carbocycles. The first kappa shape index (κ1) is 48.3. The predicted molar refractivity (Wildman–Crippen MR) is 220 cm³/mol. The van der Waals surface area contributed by atoms with Crippen molar-refractivity contribution in [3.8, 4) is 0 Å². The lowest BCUT2D eigenvalue weighted by Gasteiger charge is -2.39. The van der Waals surface area contributed by atoms with Gasteiger partial charge in [-0.15, -0.1) is 0 Å². The van der Waals surface area contributed by atoms with Crippen molar-refractivity contribution >= 4 is 0 Å². The Morgan fingerprint density at radius 1 is 0.529 bits per heavy atom. The van der Waals surface area contributed by atoms with Crippen molar-refractivity contribution in [2.24, 2.45) is 23.7 Å². The Morgan fingerprint density at radius 2 is 1.00 bits per heavy atom. The van der Waals surface area contributed by atoms with Crippen LogP contribution < -0.4 is 0 Å². The highest BCUT2D eigenvalue weighted by molar-refractivity contribution is 5.10. The molecule has 3 unspecified atom stereocenters. The summed E-state index contributed by atoms with van der Waals surface area (Å²) in [4.78, 5) is 23.4. The van der Waals surface area contributed by atoms with Crippen LogP contribution >= 0.6 is 0 Å². The van der Waals surface area contributed by atoms with Crippen LogP contribution in [0, 0.1) is 23.7 Å². The third-order valence-electron chi connectivity index (χ3n) is 10.8. The summed E-state index contributed by atoms with van der Waals surface area (Å²) >= 11 is 0. The Labute approximate surface area is 318 Å². The molecule has 0 saturated heterocycles. The molecule has 0 aromatic rings. The molecule has 1 rings (SSSR count). The van der Waals surface area contributed by atoms with Gasteiger partial charge in [-0.3, -0.25) is 0 Å². The van der Waals surface area contributed by atoms with E-state index in [0.29, 0.717) is 13.2 Å². The molecule has 6 heteroatoms. The number of nitrogens with zero attached hydrogens (tertiary/aromatic N) is 2. The van der Waals surface area contributed by atoms with E-state index in [-0.39, 0.29) is 0 Å². The van der Waals surface area contributed by atoms with Gasteiger partial charge in [-0.05, 0) is 82.7 Å². The molecule has 0 bridgehead atoms. The fraction of sp³-hybridized carbons (Fsp3) is 0.911. The molecule has 6 nitrogen and oxygen atoms in total. The Morgan fingerprint density at radius 3 is 1.59 bits per heavy atom. The standard InChI is InChI=1S/C45H89N2O4/c1-8-10-12-24-30-42-34-35-43(31-25-20-17-19-23-29-39-49-51-41-37-47(5,6)7)45(44(42)32-26-13-11-9-2)33-27-21-16-14-15-18-22-28-38-48-50-40-36-46(3)4/h27,33-35,42-45H,8-26,28-32,36-41H2,1-7H3/q+1/b33-27-/t42?,43-,44?,45?/m1/s1. The summed E-state index contributed by atoms with van der Waals surface area (Å²) < 4.78 is 0.906. The van der Waals surface area contributed by atoms with Gasteiger partial charge in [-0.2, -0.15) is 0 Å². The second-order valence-corrected chi connectivity index (χ2v) is 17.0. The highest BCUT2D eigenvalue weighted by atomic mass is 17.2. The second-order valence-electron chi connectivity index (χ2n) is 17.0. The summed E-state index contributed by atoms with van der Waals surface area (Å²) in [5, 5.41) is 0. The van der Waals surface area contributed by atoms with Gasteiger partial charge in [-0.1, -0.05) is 147 Å². The summed E-state index contributed by atoms with van der Waals surface area (Å²) in [6, 6.07) is 0. The van der Waals surface area contributed by atoms with E-state index in [1.807, 2.05) is 0 Å². The molecule has 302 valence electrons. The molecular formula is C45H89N2O4+. The Balaban J connectivity index is 2.53. The quantitative estimate of drug-likeness (QED) is 0.0210. The maximum atomic E-state index is 5.40. The first-order chi connectivity index (χ1) is 24.8. The molecule has 0 saturated carbocycles. The van der Waals surface area contributed by atoms with Crippen molar-refractivity contribution in [1.29, 1.82) is 0 Å². The van der Waals surface area contributed by atoms with Crippen LogP contribution in [0.2, 0.25) is 0 Å². The van der Waals surface area contributed by atoms with Gasteiger partial charge in [0.15, 0.2) is 0 Å². The highest BCUT2D eigenvalue weighted by Gasteiger charge is 2.33. The molecule has 0 radical (unpaired) electrons. The number of allylic oxidation sites excluding steroid dienone is 4. The fourth-order valence-electron chi connectivity index (χ4n) is 7.46. The molecule has 0 aliphatic heterocycles. The zero-order valence-corrected chi connectivity index (χ0v) is 35.4. The average Bonchev–Trinajstić information content (AvgIpc) is 3.09. The zero-order valence-electron chi connectivity index (χ0n) is 35.4. The van der Waals surface area contributed by atoms with Crippen molar-refractivity contribution in [3.63, 3.8) is 0 Å². The summed E-state index contributed by atoms with van der Waals surface area (Å²) in [7, 11) is 10.6. The van der Waals surface area contributed by atoms with Gasteiger partial charge in [0.25, 0.3) is 0 Å². The molecule has 51 heavy (non-hydrogen) atoms. The Kier molecular flexibility index (Phi) is 32.0. The highest BCUT2D eigenvalue weighted by Crippen LogP contribution is 2.43. The van der Waals surface area contributed by atoms with Crippen LogP contribution in [0.15, 0.2) is 24.3 Å². The third kappa shape index (κ3) is 29.3. The average molecular weight is 722 g/mol. The number of rotatable bonds is 37. The SMILES string of the molecule is CCCCCCC1C=C[C@@H](CCCCCCCCOOCC[N+](C)(C)C)C(/C=C\CCCCCCCCOOCCN(C)C)C1CCCCCC. The minimum absolute atomic E-state index is 0.642. The van der Waals surface area contributed by atoms with Crippen LogP contribution in [-0.4, -0.2) is 84.1 Å². The van der Waals surface area contributed by atoms with Crippen molar-refractivity contribution in [1.82, 2.24) is 4.90 Å². The smallest absolute Gasteiger partial charge is 0.131 e. The molecule has 0 spiro atoms. The van der Waals surface area contributed by atoms with Crippen molar-refractivity contribution in [2.75, 3.05) is 74.8 Å². The van der Waals surface area contributed by atoms with Crippen molar-refractivity contribution in [2.45, 2.75) is 168 Å². The molecule has 0 heterocycles. The number of hydrogen-bond acceptors (Lipinski definition) is 5. The topological polar surface area (TPSA) is 40.2 Å². The molecule has 4 atom stereocenters. The summed E-state index contributed by atoms with van der Waals surface area (Å²) in [5.41, 5.74) is 0. The number of unbranched alkanes of at least 4 members (excludes halogenated alkanes) is 17. The van der Waals surface area contributed by atoms with E-state index < -0.39 is 0 Å². The van der Waals surface area contributed by atoms with Gasteiger partial charge < -0.3 is 9.38 Å². The molecule has 1 aliphatic rings. The second kappa shape index (κ2) is 33.8. The van der Waals surface area contributed by atoms with Gasteiger partial charge in [0.2, 0.25) is 0 Å². The van der Waals surface area contributed by atoms with Gasteiger partial charge in [0.05, 0.1) is 41.0 Å². The van der Waals surface area contributed by atoms with E-state index in [1.54, 1.807) is 0 Å². The van der Waals surface area contributed by atoms with Crippen LogP contribution in [0.25, 0.3) is 0 Å². The van der Waals surface area contributed by atoms with Gasteiger partial charge >= 0.3 is 0 Å². The van der Waals surface area contributed by atoms with E-state index in [9.17, 15) is 0 Å².